The summed E-state index contributed by atoms with van der Waals surface area (Å²) in [5.74, 6) is 0.626. The minimum absolute atomic E-state index is 0.0202. The van der Waals surface area contributed by atoms with Crippen LogP contribution in [0.2, 0.25) is 10.0 Å². The molecule has 0 saturated heterocycles. The Kier molecular flexibility index (Phi) is 5.65. The Morgan fingerprint density at radius 2 is 1.87 bits per heavy atom. The van der Waals surface area contributed by atoms with Crippen LogP contribution in [0.5, 0.6) is 11.5 Å². The van der Waals surface area contributed by atoms with E-state index in [0.717, 1.165) is 0 Å². The lowest BCUT2D eigenvalue weighted by Crippen LogP contribution is -2.08. The van der Waals surface area contributed by atoms with Gasteiger partial charge in [-0.05, 0) is 30.7 Å². The number of rotatable bonds is 5. The van der Waals surface area contributed by atoms with Crippen molar-refractivity contribution in [1.29, 1.82) is 0 Å². The Labute approximate surface area is 142 Å². The molecular formula is C14H12Cl2NO5P. The minimum Gasteiger partial charge on any atom is -0.455 e. The largest absolute Gasteiger partial charge is 0.455 e. The molecule has 0 aliphatic heterocycles. The molecule has 122 valence electrons. The number of benzene rings is 2. The van der Waals surface area contributed by atoms with Gasteiger partial charge in [0.2, 0.25) is 8.03 Å². The van der Waals surface area contributed by atoms with Crippen LogP contribution in [0.25, 0.3) is 0 Å². The Bertz CT molecular complexity index is 797. The fraction of sp³-hybridized carbons (Fsp3) is 0.143. The third-order valence-electron chi connectivity index (χ3n) is 3.01. The molecule has 0 saturated carbocycles. The maximum absolute atomic E-state index is 11.9. The Morgan fingerprint density at radius 1 is 1.17 bits per heavy atom. The van der Waals surface area contributed by atoms with Gasteiger partial charge in [-0.3, -0.25) is 14.7 Å². The number of hydrogen-bond donors (Lipinski definition) is 0. The van der Waals surface area contributed by atoms with Gasteiger partial charge >= 0.3 is 0 Å². The minimum atomic E-state index is -2.75. The quantitative estimate of drug-likeness (QED) is 0.428. The third-order valence-corrected chi connectivity index (χ3v) is 4.75. The van der Waals surface area contributed by atoms with Crippen LogP contribution < -0.4 is 10.0 Å². The molecule has 2 rings (SSSR count). The molecule has 0 aliphatic rings. The molecule has 0 aromatic heterocycles. The highest BCUT2D eigenvalue weighted by Crippen LogP contribution is 2.36. The molecule has 1 unspecified atom stereocenters. The maximum atomic E-state index is 11.9. The summed E-state index contributed by atoms with van der Waals surface area (Å²) in [5, 5.41) is 11.8. The average molecular weight is 376 g/mol. The number of ether oxygens (including phenoxy) is 1. The summed E-state index contributed by atoms with van der Waals surface area (Å²) in [7, 11) is -1.53. The molecule has 6 nitrogen and oxygen atoms in total. The number of nitrogens with zero attached hydrogens (tertiary/aromatic N) is 1. The Balaban J connectivity index is 2.50. The van der Waals surface area contributed by atoms with Crippen LogP contribution in [0.3, 0.4) is 0 Å². The van der Waals surface area contributed by atoms with Gasteiger partial charge in [0.05, 0.1) is 9.95 Å². The molecule has 1 atom stereocenters. The van der Waals surface area contributed by atoms with E-state index in [4.69, 9.17) is 32.5 Å². The number of nitro groups is 1. The summed E-state index contributed by atoms with van der Waals surface area (Å²) >= 11 is 11.9. The lowest BCUT2D eigenvalue weighted by molar-refractivity contribution is -0.383. The first kappa shape index (κ1) is 17.8. The monoisotopic (exact) mass is 375 g/mol. The van der Waals surface area contributed by atoms with E-state index < -0.39 is 13.0 Å². The van der Waals surface area contributed by atoms with E-state index in [-0.39, 0.29) is 16.0 Å². The zero-order valence-corrected chi connectivity index (χ0v) is 14.6. The van der Waals surface area contributed by atoms with Crippen LogP contribution in [0.4, 0.5) is 5.69 Å². The molecule has 0 radical (unpaired) electrons. The first-order chi connectivity index (χ1) is 10.8. The normalized spacial score (nSPS) is 12.0. The predicted octanol–water partition coefficient (Wildman–Crippen LogP) is 4.75. The van der Waals surface area contributed by atoms with Crippen LogP contribution in [0.1, 0.15) is 5.56 Å². The third kappa shape index (κ3) is 4.03. The van der Waals surface area contributed by atoms with Crippen molar-refractivity contribution in [3.05, 3.63) is 56.1 Å². The second kappa shape index (κ2) is 7.32. The van der Waals surface area contributed by atoms with Crippen LogP contribution in [-0.2, 0) is 9.09 Å². The van der Waals surface area contributed by atoms with E-state index in [1.54, 1.807) is 19.1 Å². The van der Waals surface area contributed by atoms with Gasteiger partial charge in [-0.1, -0.05) is 23.2 Å². The molecule has 0 fully saturated rings. The first-order valence-electron chi connectivity index (χ1n) is 6.33. The zero-order chi connectivity index (χ0) is 17.1. The van der Waals surface area contributed by atoms with Crippen molar-refractivity contribution < 1.29 is 18.7 Å². The molecule has 0 aliphatic carbocycles. The second-order valence-corrected chi connectivity index (χ2v) is 6.93. The van der Waals surface area contributed by atoms with E-state index in [1.165, 1.54) is 25.3 Å². The molecule has 0 heterocycles. The van der Waals surface area contributed by atoms with Gasteiger partial charge in [-0.25, -0.2) is 0 Å². The van der Waals surface area contributed by atoms with E-state index >= 15 is 0 Å². The van der Waals surface area contributed by atoms with Crippen molar-refractivity contribution in [2.24, 2.45) is 0 Å². The topological polar surface area (TPSA) is 78.7 Å². The van der Waals surface area contributed by atoms with Gasteiger partial charge in [-0.15, -0.1) is 0 Å². The highest BCUT2D eigenvalue weighted by molar-refractivity contribution is 7.48. The van der Waals surface area contributed by atoms with Crippen molar-refractivity contribution >= 4 is 42.2 Å². The molecule has 2 aromatic rings. The number of aryl methyl sites for hydroxylation is 1. The Hall–Kier alpha value is -1.59. The van der Waals surface area contributed by atoms with Crippen LogP contribution in [0, 0.1) is 17.0 Å². The molecule has 0 N–H and O–H groups in total. The van der Waals surface area contributed by atoms with Crippen LogP contribution in [-0.4, -0.2) is 12.0 Å². The fourth-order valence-corrected chi connectivity index (χ4v) is 3.17. The summed E-state index contributed by atoms with van der Waals surface area (Å²) in [6.07, 6.45) is 0. The standard InChI is InChI=1S/C14H12Cl2NO5P/c1-8-5-11(17(18)19)14(23(20)21-2)7-13(8)22-12-4-3-9(15)6-10(12)16/h3-7,23H,1-2H3. The van der Waals surface area contributed by atoms with Crippen molar-refractivity contribution in [3.8, 4) is 11.5 Å². The second-order valence-electron chi connectivity index (χ2n) is 4.56. The molecular weight excluding hydrogens is 364 g/mol. The molecule has 0 bridgehead atoms. The summed E-state index contributed by atoms with van der Waals surface area (Å²) in [5.41, 5.74) is 0.222. The SMILES string of the molecule is CO[PH](=O)c1cc(Oc2ccc(Cl)cc2Cl)c(C)cc1[N+](=O)[O-]. The lowest BCUT2D eigenvalue weighted by Gasteiger charge is -2.12. The highest BCUT2D eigenvalue weighted by atomic mass is 35.5. The number of halogens is 2. The fourth-order valence-electron chi connectivity index (χ4n) is 1.88. The first-order valence-corrected chi connectivity index (χ1v) is 8.41. The zero-order valence-electron chi connectivity index (χ0n) is 12.1. The van der Waals surface area contributed by atoms with E-state index in [0.29, 0.717) is 22.1 Å². The summed E-state index contributed by atoms with van der Waals surface area (Å²) < 4.78 is 22.4. The van der Waals surface area contributed by atoms with Crippen molar-refractivity contribution in [3.63, 3.8) is 0 Å². The smallest absolute Gasteiger partial charge is 0.282 e. The van der Waals surface area contributed by atoms with Gasteiger partial charge in [0.1, 0.15) is 16.8 Å². The van der Waals surface area contributed by atoms with Gasteiger partial charge in [0.25, 0.3) is 5.69 Å². The van der Waals surface area contributed by atoms with Gasteiger partial charge in [0.15, 0.2) is 0 Å². The van der Waals surface area contributed by atoms with Crippen LogP contribution in [0.15, 0.2) is 30.3 Å². The summed E-state index contributed by atoms with van der Waals surface area (Å²) in [4.78, 5) is 10.5. The predicted molar refractivity (Wildman–Crippen MR) is 90.0 cm³/mol. The molecule has 23 heavy (non-hydrogen) atoms. The van der Waals surface area contributed by atoms with Crippen LogP contribution >= 0.6 is 31.2 Å². The van der Waals surface area contributed by atoms with Gasteiger partial charge in [0, 0.05) is 24.3 Å². The molecule has 0 spiro atoms. The summed E-state index contributed by atoms with van der Waals surface area (Å²) in [6.45, 7) is 1.64. The lowest BCUT2D eigenvalue weighted by atomic mass is 10.2. The van der Waals surface area contributed by atoms with E-state index in [1.807, 2.05) is 0 Å². The van der Waals surface area contributed by atoms with E-state index in [2.05, 4.69) is 0 Å². The molecule has 0 amide bonds. The van der Waals surface area contributed by atoms with Crippen molar-refractivity contribution in [1.82, 2.24) is 0 Å². The number of nitro benzene ring substituents is 1. The maximum Gasteiger partial charge on any atom is 0.282 e. The highest BCUT2D eigenvalue weighted by Gasteiger charge is 2.22. The average Bonchev–Trinajstić information content (AvgIpc) is 2.50. The molecule has 2 aromatic carbocycles. The molecule has 9 heteroatoms. The Morgan fingerprint density at radius 3 is 2.43 bits per heavy atom. The van der Waals surface area contributed by atoms with Gasteiger partial charge < -0.3 is 9.26 Å². The van der Waals surface area contributed by atoms with Crippen molar-refractivity contribution in [2.45, 2.75) is 6.92 Å². The number of hydrogen-bond acceptors (Lipinski definition) is 5. The summed E-state index contributed by atoms with van der Waals surface area (Å²) in [6, 6.07) is 7.31. The van der Waals surface area contributed by atoms with E-state index in [9.17, 15) is 14.7 Å². The van der Waals surface area contributed by atoms with Crippen molar-refractivity contribution in [2.75, 3.05) is 7.11 Å². The van der Waals surface area contributed by atoms with Gasteiger partial charge in [-0.2, -0.15) is 0 Å².